The number of carboxylic acids is 1. The third-order valence-electron chi connectivity index (χ3n) is 2.95. The van der Waals surface area contributed by atoms with Crippen molar-refractivity contribution in [1.29, 1.82) is 0 Å². The first-order chi connectivity index (χ1) is 8.54. The number of carboxylic acid groups (broad SMARTS) is 1. The third-order valence-corrected chi connectivity index (χ3v) is 2.95. The first kappa shape index (κ1) is 14.8. The van der Waals surface area contributed by atoms with Crippen molar-refractivity contribution in [2.45, 2.75) is 44.7 Å². The van der Waals surface area contributed by atoms with Gasteiger partial charge in [-0.15, -0.1) is 0 Å². The van der Waals surface area contributed by atoms with E-state index in [0.717, 1.165) is 12.8 Å². The summed E-state index contributed by atoms with van der Waals surface area (Å²) in [6.07, 6.45) is 2.61. The summed E-state index contributed by atoms with van der Waals surface area (Å²) in [5.41, 5.74) is 0. The number of amides is 2. The number of carbonyl (C=O) groups excluding carboxylic acids is 1. The molecule has 0 spiro atoms. The Balaban J connectivity index is 2.33. The van der Waals surface area contributed by atoms with Crippen LogP contribution in [0.15, 0.2) is 0 Å². The molecule has 0 aromatic carbocycles. The third kappa shape index (κ3) is 5.35. The van der Waals surface area contributed by atoms with E-state index in [1.807, 2.05) is 6.92 Å². The van der Waals surface area contributed by atoms with E-state index in [4.69, 9.17) is 9.84 Å². The first-order valence-corrected chi connectivity index (χ1v) is 6.32. The SMILES string of the molecule is COCCN(C(=O)NC(C)CCC(=O)O)C1CC1. The van der Waals surface area contributed by atoms with E-state index < -0.39 is 5.97 Å². The number of nitrogens with one attached hydrogen (secondary N) is 1. The summed E-state index contributed by atoms with van der Waals surface area (Å²) in [6.45, 7) is 2.92. The molecule has 6 heteroatoms. The van der Waals surface area contributed by atoms with Crippen LogP contribution in [0.4, 0.5) is 4.79 Å². The highest BCUT2D eigenvalue weighted by Gasteiger charge is 2.32. The van der Waals surface area contributed by atoms with Gasteiger partial charge in [0.25, 0.3) is 0 Å². The fourth-order valence-corrected chi connectivity index (χ4v) is 1.73. The lowest BCUT2D eigenvalue weighted by atomic mass is 10.2. The number of hydrogen-bond acceptors (Lipinski definition) is 3. The number of carbonyl (C=O) groups is 2. The maximum atomic E-state index is 12.0. The van der Waals surface area contributed by atoms with Crippen molar-refractivity contribution in [1.82, 2.24) is 10.2 Å². The number of rotatable bonds is 8. The molecule has 1 aliphatic carbocycles. The van der Waals surface area contributed by atoms with Gasteiger partial charge in [0, 0.05) is 32.2 Å². The van der Waals surface area contributed by atoms with Gasteiger partial charge in [-0.3, -0.25) is 4.79 Å². The molecule has 0 saturated heterocycles. The first-order valence-electron chi connectivity index (χ1n) is 6.32. The minimum absolute atomic E-state index is 0.0724. The highest BCUT2D eigenvalue weighted by molar-refractivity contribution is 5.75. The Morgan fingerprint density at radius 2 is 2.17 bits per heavy atom. The normalized spacial score (nSPS) is 16.1. The van der Waals surface area contributed by atoms with Crippen LogP contribution in [0.3, 0.4) is 0 Å². The van der Waals surface area contributed by atoms with Gasteiger partial charge in [0.2, 0.25) is 0 Å². The zero-order valence-corrected chi connectivity index (χ0v) is 11.0. The lowest BCUT2D eigenvalue weighted by Crippen LogP contribution is -2.46. The van der Waals surface area contributed by atoms with Crippen LogP contribution in [-0.2, 0) is 9.53 Å². The van der Waals surface area contributed by atoms with Crippen LogP contribution in [0.2, 0.25) is 0 Å². The van der Waals surface area contributed by atoms with Crippen LogP contribution < -0.4 is 5.32 Å². The van der Waals surface area contributed by atoms with Crippen molar-refractivity contribution in [2.24, 2.45) is 0 Å². The zero-order valence-electron chi connectivity index (χ0n) is 11.0. The molecule has 0 aliphatic heterocycles. The van der Waals surface area contributed by atoms with Crippen molar-refractivity contribution >= 4 is 12.0 Å². The van der Waals surface area contributed by atoms with Gasteiger partial charge in [0.1, 0.15) is 0 Å². The highest BCUT2D eigenvalue weighted by Crippen LogP contribution is 2.26. The number of aliphatic carboxylic acids is 1. The molecule has 6 nitrogen and oxygen atoms in total. The van der Waals surface area contributed by atoms with E-state index >= 15 is 0 Å². The largest absolute Gasteiger partial charge is 0.481 e. The minimum atomic E-state index is -0.838. The maximum Gasteiger partial charge on any atom is 0.317 e. The number of nitrogens with zero attached hydrogens (tertiary/aromatic N) is 1. The Morgan fingerprint density at radius 1 is 1.50 bits per heavy atom. The number of methoxy groups -OCH3 is 1. The lowest BCUT2D eigenvalue weighted by Gasteiger charge is -2.24. The van der Waals surface area contributed by atoms with E-state index in [-0.39, 0.29) is 18.5 Å². The number of urea groups is 1. The average molecular weight is 258 g/mol. The van der Waals surface area contributed by atoms with E-state index in [0.29, 0.717) is 25.6 Å². The molecule has 1 fully saturated rings. The van der Waals surface area contributed by atoms with E-state index in [1.165, 1.54) is 0 Å². The van der Waals surface area contributed by atoms with Crippen LogP contribution in [0.25, 0.3) is 0 Å². The van der Waals surface area contributed by atoms with E-state index in [9.17, 15) is 9.59 Å². The molecule has 18 heavy (non-hydrogen) atoms. The van der Waals surface area contributed by atoms with Crippen molar-refractivity contribution in [3.63, 3.8) is 0 Å². The van der Waals surface area contributed by atoms with Crippen molar-refractivity contribution in [3.05, 3.63) is 0 Å². The Kier molecular flexibility index (Phi) is 5.91. The smallest absolute Gasteiger partial charge is 0.317 e. The summed E-state index contributed by atoms with van der Waals surface area (Å²) >= 11 is 0. The van der Waals surface area contributed by atoms with Gasteiger partial charge in [-0.25, -0.2) is 4.79 Å². The van der Waals surface area contributed by atoms with Crippen LogP contribution in [0, 0.1) is 0 Å². The monoisotopic (exact) mass is 258 g/mol. The highest BCUT2D eigenvalue weighted by atomic mass is 16.5. The molecule has 0 heterocycles. The number of hydrogen-bond donors (Lipinski definition) is 2. The van der Waals surface area contributed by atoms with Crippen LogP contribution in [0.1, 0.15) is 32.6 Å². The second-order valence-electron chi connectivity index (χ2n) is 4.70. The quantitative estimate of drug-likeness (QED) is 0.682. The Morgan fingerprint density at radius 3 is 2.67 bits per heavy atom. The molecule has 1 atom stereocenters. The minimum Gasteiger partial charge on any atom is -0.481 e. The second kappa shape index (κ2) is 7.20. The van der Waals surface area contributed by atoms with Crippen molar-refractivity contribution < 1.29 is 19.4 Å². The molecule has 2 amide bonds. The molecule has 104 valence electrons. The average Bonchev–Trinajstić information content (AvgIpc) is 3.11. The lowest BCUT2D eigenvalue weighted by molar-refractivity contribution is -0.137. The van der Waals surface area contributed by atoms with E-state index in [1.54, 1.807) is 12.0 Å². The Labute approximate surface area is 107 Å². The van der Waals surface area contributed by atoms with Gasteiger partial charge in [-0.05, 0) is 26.2 Å². The van der Waals surface area contributed by atoms with Gasteiger partial charge in [0.15, 0.2) is 0 Å². The molecule has 0 aromatic heterocycles. The predicted octanol–water partition coefficient (Wildman–Crippen LogP) is 1.06. The molecule has 0 radical (unpaired) electrons. The summed E-state index contributed by atoms with van der Waals surface area (Å²) in [5.74, 6) is -0.838. The van der Waals surface area contributed by atoms with Crippen LogP contribution in [0.5, 0.6) is 0 Å². The Hall–Kier alpha value is -1.30. The van der Waals surface area contributed by atoms with Gasteiger partial charge in [0.05, 0.1) is 6.61 Å². The molecule has 0 aromatic rings. The molecular weight excluding hydrogens is 236 g/mol. The summed E-state index contributed by atoms with van der Waals surface area (Å²) in [6, 6.07) is 0.0802. The second-order valence-corrected chi connectivity index (χ2v) is 4.70. The summed E-state index contributed by atoms with van der Waals surface area (Å²) in [4.78, 5) is 24.2. The zero-order chi connectivity index (χ0) is 13.5. The Bertz CT molecular complexity index is 292. The van der Waals surface area contributed by atoms with Crippen molar-refractivity contribution in [3.8, 4) is 0 Å². The molecule has 1 unspecified atom stereocenters. The van der Waals surface area contributed by atoms with Crippen LogP contribution in [-0.4, -0.2) is 54.4 Å². The van der Waals surface area contributed by atoms with Crippen molar-refractivity contribution in [2.75, 3.05) is 20.3 Å². The topological polar surface area (TPSA) is 78.9 Å². The van der Waals surface area contributed by atoms with E-state index in [2.05, 4.69) is 5.32 Å². The fourth-order valence-electron chi connectivity index (χ4n) is 1.73. The standard InChI is InChI=1S/C12H22N2O4/c1-9(3-6-11(15)16)13-12(17)14(7-8-18-2)10-4-5-10/h9-10H,3-8H2,1-2H3,(H,13,17)(H,15,16). The van der Waals surface area contributed by atoms with Gasteiger partial charge >= 0.3 is 12.0 Å². The fraction of sp³-hybridized carbons (Fsp3) is 0.833. The molecule has 1 aliphatic rings. The molecule has 1 rings (SSSR count). The number of ether oxygens (including phenoxy) is 1. The maximum absolute atomic E-state index is 12.0. The summed E-state index contributed by atoms with van der Waals surface area (Å²) < 4.78 is 4.98. The molecule has 0 bridgehead atoms. The van der Waals surface area contributed by atoms with Gasteiger partial charge in [-0.1, -0.05) is 0 Å². The molecule has 1 saturated carbocycles. The molecular formula is C12H22N2O4. The molecule has 2 N–H and O–H groups in total. The van der Waals surface area contributed by atoms with Crippen LogP contribution >= 0.6 is 0 Å². The summed E-state index contributed by atoms with van der Waals surface area (Å²) in [7, 11) is 1.61. The van der Waals surface area contributed by atoms with Gasteiger partial charge < -0.3 is 20.1 Å². The predicted molar refractivity (Wildman–Crippen MR) is 66.5 cm³/mol. The van der Waals surface area contributed by atoms with Gasteiger partial charge in [-0.2, -0.15) is 0 Å². The summed E-state index contributed by atoms with van der Waals surface area (Å²) in [5, 5.41) is 11.4.